The molecule has 10 heavy (non-hydrogen) atoms. The zero-order chi connectivity index (χ0) is 7.28. The van der Waals surface area contributed by atoms with Gasteiger partial charge in [0.1, 0.15) is 0 Å². The Morgan fingerprint density at radius 3 is 2.30 bits per heavy atom. The minimum Gasteiger partial charge on any atom is -0.354 e. The van der Waals surface area contributed by atoms with E-state index in [1.54, 1.807) is 6.08 Å². The van der Waals surface area contributed by atoms with Crippen molar-refractivity contribution < 1.29 is 32.7 Å². The molecule has 0 fully saturated rings. The quantitative estimate of drug-likeness (QED) is 0.495. The van der Waals surface area contributed by atoms with Gasteiger partial charge in [-0.3, -0.25) is 12.7 Å². The zero-order valence-corrected chi connectivity index (χ0v) is 9.48. The first-order valence-corrected chi connectivity index (χ1v) is 2.98. The molecular weight excluding hydrogens is 197 g/mol. The number of allylic oxidation sites excluding steroid dienone is 4. The summed E-state index contributed by atoms with van der Waals surface area (Å²) in [5, 5.41) is 0. The van der Waals surface area contributed by atoms with Crippen LogP contribution in [0, 0.1) is 18.1 Å². The maximum atomic E-state index is 3.65. The summed E-state index contributed by atoms with van der Waals surface area (Å²) in [5.74, 6) is 0.454. The molecule has 0 bridgehead atoms. The molecule has 0 saturated carbocycles. The molecule has 0 aromatic carbocycles. The number of rotatable bonds is 3. The second kappa shape index (κ2) is 7.43. The van der Waals surface area contributed by atoms with Crippen LogP contribution in [0.2, 0.25) is 0 Å². The van der Waals surface area contributed by atoms with E-state index in [4.69, 9.17) is 0 Å². The second-order valence-corrected chi connectivity index (χ2v) is 2.17. The van der Waals surface area contributed by atoms with E-state index in [2.05, 4.69) is 39.2 Å². The van der Waals surface area contributed by atoms with Gasteiger partial charge in [0, 0.05) is 32.7 Å². The van der Waals surface area contributed by atoms with Gasteiger partial charge in [-0.1, -0.05) is 13.8 Å². The molecule has 0 amide bonds. The predicted molar refractivity (Wildman–Crippen MR) is 40.7 cm³/mol. The molecule has 1 radical (unpaired) electrons. The minimum atomic E-state index is 0. The third-order valence-electron chi connectivity index (χ3n) is 0.818. The van der Waals surface area contributed by atoms with Gasteiger partial charge in [0.2, 0.25) is 0 Å². The van der Waals surface area contributed by atoms with Gasteiger partial charge in [-0.25, -0.2) is 0 Å². The topological polar surface area (TPSA) is 0 Å². The Morgan fingerprint density at radius 2 is 2.00 bits per heavy atom. The smallest absolute Gasteiger partial charge is 0 e. The summed E-state index contributed by atoms with van der Waals surface area (Å²) < 4.78 is 0. The molecule has 0 unspecified atom stereocenters. The number of hydrogen-bond donors (Lipinski definition) is 0. The Hall–Kier alpha value is 0.324. The van der Waals surface area contributed by atoms with Crippen LogP contribution in [0.5, 0.6) is 0 Å². The third kappa shape index (κ3) is 8.32. The van der Waals surface area contributed by atoms with E-state index in [0.29, 0.717) is 5.92 Å². The van der Waals surface area contributed by atoms with E-state index in [1.807, 2.05) is 0 Å². The van der Waals surface area contributed by atoms with Crippen LogP contribution >= 0.6 is 0 Å². The van der Waals surface area contributed by atoms with E-state index >= 15 is 0 Å². The first-order chi connectivity index (χ1) is 4.16. The van der Waals surface area contributed by atoms with Crippen molar-refractivity contribution in [2.45, 2.75) is 13.8 Å². The van der Waals surface area contributed by atoms with Crippen molar-refractivity contribution in [2.24, 2.45) is 5.92 Å². The molecule has 0 aromatic heterocycles. The molecule has 0 N–H and O–H groups in total. The van der Waals surface area contributed by atoms with E-state index in [1.165, 1.54) is 0 Å². The summed E-state index contributed by atoms with van der Waals surface area (Å²) in [6, 6.07) is 0. The molecule has 0 nitrogen and oxygen atoms in total. The maximum absolute atomic E-state index is 3.65. The molecule has 0 rings (SSSR count). The van der Waals surface area contributed by atoms with Crippen LogP contribution in [0.1, 0.15) is 13.8 Å². The summed E-state index contributed by atoms with van der Waals surface area (Å²) in [6.07, 6.45) is 7.53. The average Bonchev–Trinajstić information content (AvgIpc) is 1.83. The molecule has 0 aromatic rings. The Bertz CT molecular complexity index is 132. The Balaban J connectivity index is 0. The van der Waals surface area contributed by atoms with Crippen LogP contribution in [0.25, 0.3) is 0 Å². The Labute approximate surface area is 89.0 Å². The molecule has 0 saturated heterocycles. The molecule has 0 spiro atoms. The van der Waals surface area contributed by atoms with Crippen molar-refractivity contribution in [2.75, 3.05) is 0 Å². The summed E-state index contributed by atoms with van der Waals surface area (Å²) in [5.41, 5.74) is 0.795. The van der Waals surface area contributed by atoms with Gasteiger partial charge in [0.15, 0.2) is 0 Å². The van der Waals surface area contributed by atoms with Crippen molar-refractivity contribution in [1.82, 2.24) is 0 Å². The zero-order valence-electron chi connectivity index (χ0n) is 6.65. The van der Waals surface area contributed by atoms with E-state index in [9.17, 15) is 0 Å². The third-order valence-corrected chi connectivity index (χ3v) is 0.818. The summed E-state index contributed by atoms with van der Waals surface area (Å²) >= 11 is 0. The van der Waals surface area contributed by atoms with E-state index < -0.39 is 0 Å². The van der Waals surface area contributed by atoms with Crippen LogP contribution in [-0.2, 0) is 32.7 Å². The minimum absolute atomic E-state index is 0. The van der Waals surface area contributed by atoms with E-state index in [0.717, 1.165) is 5.57 Å². The molecule has 0 aliphatic carbocycles. The Morgan fingerprint density at radius 1 is 1.50 bits per heavy atom. The van der Waals surface area contributed by atoms with Crippen LogP contribution in [0.3, 0.4) is 0 Å². The SMILES string of the molecule is C=[C-]C(=C)C=[C-]C(C)C.[Y]. The van der Waals surface area contributed by atoms with Crippen molar-refractivity contribution in [3.8, 4) is 0 Å². The first kappa shape index (κ1) is 13.0. The molecule has 53 valence electrons. The molecular formula is C9H12Y-2. The van der Waals surface area contributed by atoms with Gasteiger partial charge in [0.25, 0.3) is 0 Å². The fourth-order valence-corrected chi connectivity index (χ4v) is 0.318. The monoisotopic (exact) mass is 209 g/mol. The molecule has 1 heteroatoms. The van der Waals surface area contributed by atoms with Crippen LogP contribution in [0.4, 0.5) is 0 Å². The van der Waals surface area contributed by atoms with Gasteiger partial charge < -0.3 is 17.7 Å². The van der Waals surface area contributed by atoms with Gasteiger partial charge >= 0.3 is 0 Å². The normalized spacial score (nSPS) is 9.50. The van der Waals surface area contributed by atoms with Crippen molar-refractivity contribution in [3.05, 3.63) is 37.0 Å². The predicted octanol–water partition coefficient (Wildman–Crippen LogP) is 2.54. The average molecular weight is 209 g/mol. The van der Waals surface area contributed by atoms with Gasteiger partial charge in [0.05, 0.1) is 0 Å². The molecule has 0 atom stereocenters. The second-order valence-electron chi connectivity index (χ2n) is 2.17. The fourth-order valence-electron chi connectivity index (χ4n) is 0.318. The summed E-state index contributed by atoms with van der Waals surface area (Å²) in [7, 11) is 0. The summed E-state index contributed by atoms with van der Waals surface area (Å²) in [4.78, 5) is 0. The standard InChI is InChI=1S/C9H12.Y/c1-5-9(4)7-6-8(2)3;/h7-8H,1,4H2,2-3H3;/q-2;. The molecule has 0 heterocycles. The largest absolute Gasteiger partial charge is 0.354 e. The summed E-state index contributed by atoms with van der Waals surface area (Å²) in [6.45, 7) is 11.2. The molecule has 0 aliphatic rings. The van der Waals surface area contributed by atoms with Gasteiger partial charge in [-0.05, 0) is 0 Å². The fraction of sp³-hybridized carbons (Fsp3) is 0.333. The van der Waals surface area contributed by atoms with Crippen molar-refractivity contribution in [1.29, 1.82) is 0 Å². The molecule has 0 aliphatic heterocycles. The van der Waals surface area contributed by atoms with E-state index in [-0.39, 0.29) is 32.7 Å². The van der Waals surface area contributed by atoms with Crippen molar-refractivity contribution in [3.63, 3.8) is 0 Å². The first-order valence-electron chi connectivity index (χ1n) is 2.98. The van der Waals surface area contributed by atoms with Gasteiger partial charge in [-0.15, -0.1) is 5.92 Å². The maximum Gasteiger partial charge on any atom is 0 e. The van der Waals surface area contributed by atoms with Crippen LogP contribution in [-0.4, -0.2) is 0 Å². The number of hydrogen-bond acceptors (Lipinski definition) is 0. The Kier molecular flexibility index (Phi) is 9.63. The van der Waals surface area contributed by atoms with Crippen molar-refractivity contribution >= 4 is 0 Å². The van der Waals surface area contributed by atoms with Gasteiger partial charge in [-0.2, -0.15) is 6.58 Å². The van der Waals surface area contributed by atoms with Crippen LogP contribution < -0.4 is 0 Å². The van der Waals surface area contributed by atoms with Crippen LogP contribution in [0.15, 0.2) is 24.8 Å².